The van der Waals surface area contributed by atoms with Crippen molar-refractivity contribution in [2.75, 3.05) is 26.2 Å². The second-order valence-electron chi connectivity index (χ2n) is 5.73. The van der Waals surface area contributed by atoms with Crippen molar-refractivity contribution < 1.29 is 0 Å². The minimum atomic E-state index is 0.598. The third-order valence-electron chi connectivity index (χ3n) is 3.65. The van der Waals surface area contributed by atoms with E-state index in [4.69, 9.17) is 0 Å². The highest BCUT2D eigenvalue weighted by Gasteiger charge is 2.25. The summed E-state index contributed by atoms with van der Waals surface area (Å²) in [6, 6.07) is 0.872. The van der Waals surface area contributed by atoms with E-state index in [1.54, 1.807) is 0 Å². The predicted molar refractivity (Wildman–Crippen MR) is 60.5 cm³/mol. The number of nitrogens with one attached hydrogen (secondary N) is 1. The number of nitrogens with zero attached hydrogens (tertiary/aromatic N) is 1. The summed E-state index contributed by atoms with van der Waals surface area (Å²) in [7, 11) is 0. The molecule has 0 aromatic rings. The average molecular weight is 196 g/mol. The summed E-state index contributed by atoms with van der Waals surface area (Å²) in [6.45, 7) is 9.86. The fraction of sp³-hybridized carbons (Fsp3) is 1.00. The normalized spacial score (nSPS) is 27.9. The zero-order chi connectivity index (χ0) is 10.0. The van der Waals surface area contributed by atoms with Gasteiger partial charge in [-0.05, 0) is 44.2 Å². The van der Waals surface area contributed by atoms with Crippen molar-refractivity contribution in [1.29, 1.82) is 0 Å². The van der Waals surface area contributed by atoms with Crippen LogP contribution in [0.3, 0.4) is 0 Å². The Morgan fingerprint density at radius 1 is 1.21 bits per heavy atom. The molecule has 2 nitrogen and oxygen atoms in total. The topological polar surface area (TPSA) is 15.3 Å². The van der Waals surface area contributed by atoms with Gasteiger partial charge in [-0.25, -0.2) is 0 Å². The molecule has 0 radical (unpaired) electrons. The van der Waals surface area contributed by atoms with Gasteiger partial charge in [-0.3, -0.25) is 0 Å². The van der Waals surface area contributed by atoms with E-state index >= 15 is 0 Å². The number of piperidine rings is 1. The lowest BCUT2D eigenvalue weighted by Gasteiger charge is -2.36. The van der Waals surface area contributed by atoms with Crippen molar-refractivity contribution in [3.8, 4) is 0 Å². The molecule has 0 aromatic carbocycles. The van der Waals surface area contributed by atoms with Crippen molar-refractivity contribution >= 4 is 0 Å². The van der Waals surface area contributed by atoms with Crippen molar-refractivity contribution in [3.63, 3.8) is 0 Å². The molecular formula is C12H24N2. The van der Waals surface area contributed by atoms with Crippen LogP contribution in [0.2, 0.25) is 0 Å². The summed E-state index contributed by atoms with van der Waals surface area (Å²) in [6.07, 6.45) is 5.56. The second-order valence-corrected chi connectivity index (χ2v) is 5.73. The Morgan fingerprint density at radius 2 is 1.86 bits per heavy atom. The molecule has 0 amide bonds. The first-order valence-corrected chi connectivity index (χ1v) is 6.11. The van der Waals surface area contributed by atoms with Gasteiger partial charge in [0.2, 0.25) is 0 Å². The highest BCUT2D eigenvalue weighted by atomic mass is 15.1. The van der Waals surface area contributed by atoms with E-state index in [1.165, 1.54) is 51.9 Å². The van der Waals surface area contributed by atoms with Crippen LogP contribution in [0.25, 0.3) is 0 Å². The lowest BCUT2D eigenvalue weighted by molar-refractivity contribution is 0.133. The van der Waals surface area contributed by atoms with Crippen LogP contribution < -0.4 is 5.32 Å². The smallest absolute Gasteiger partial charge is 0.0107 e. The van der Waals surface area contributed by atoms with Gasteiger partial charge in [-0.2, -0.15) is 0 Å². The summed E-state index contributed by atoms with van der Waals surface area (Å²) < 4.78 is 0. The standard InChI is InChI=1S/C12H24N2/c1-12(2)5-8-14(9-6-12)10-7-13-11-3-4-11/h11,13H,3-10H2,1-2H3. The molecule has 2 heteroatoms. The Labute approximate surface area is 88.1 Å². The van der Waals surface area contributed by atoms with Gasteiger partial charge in [-0.15, -0.1) is 0 Å². The van der Waals surface area contributed by atoms with Crippen molar-refractivity contribution in [2.24, 2.45) is 5.41 Å². The summed E-state index contributed by atoms with van der Waals surface area (Å²) in [4.78, 5) is 2.61. The quantitative estimate of drug-likeness (QED) is 0.738. The summed E-state index contributed by atoms with van der Waals surface area (Å²) in [5, 5.41) is 3.58. The molecule has 2 rings (SSSR count). The maximum Gasteiger partial charge on any atom is 0.0107 e. The minimum Gasteiger partial charge on any atom is -0.313 e. The number of hydrogen-bond acceptors (Lipinski definition) is 2. The summed E-state index contributed by atoms with van der Waals surface area (Å²) in [5.41, 5.74) is 0.598. The van der Waals surface area contributed by atoms with Crippen LogP contribution in [0.15, 0.2) is 0 Å². The maximum absolute atomic E-state index is 3.58. The Kier molecular flexibility index (Phi) is 3.13. The molecule has 1 N–H and O–H groups in total. The van der Waals surface area contributed by atoms with Gasteiger partial charge in [0.1, 0.15) is 0 Å². The molecule has 14 heavy (non-hydrogen) atoms. The molecule has 1 aliphatic heterocycles. The molecule has 1 saturated heterocycles. The third kappa shape index (κ3) is 3.25. The Morgan fingerprint density at radius 3 is 2.43 bits per heavy atom. The largest absolute Gasteiger partial charge is 0.313 e. The molecule has 82 valence electrons. The van der Waals surface area contributed by atoms with Gasteiger partial charge in [0, 0.05) is 19.1 Å². The zero-order valence-electron chi connectivity index (χ0n) is 9.68. The molecule has 0 bridgehead atoms. The van der Waals surface area contributed by atoms with Crippen molar-refractivity contribution in [2.45, 2.75) is 45.6 Å². The number of likely N-dealkylation sites (tertiary alicyclic amines) is 1. The molecule has 1 aliphatic carbocycles. The zero-order valence-corrected chi connectivity index (χ0v) is 9.68. The molecule has 0 spiro atoms. The van der Waals surface area contributed by atoms with Crippen LogP contribution in [0.1, 0.15) is 39.5 Å². The Bertz CT molecular complexity index is 175. The second kappa shape index (κ2) is 4.19. The molecule has 1 heterocycles. The molecule has 1 saturated carbocycles. The first kappa shape index (κ1) is 10.4. The van der Waals surface area contributed by atoms with Crippen LogP contribution >= 0.6 is 0 Å². The van der Waals surface area contributed by atoms with Gasteiger partial charge in [0.15, 0.2) is 0 Å². The van der Waals surface area contributed by atoms with E-state index in [0.29, 0.717) is 5.41 Å². The summed E-state index contributed by atoms with van der Waals surface area (Å²) in [5.74, 6) is 0. The van der Waals surface area contributed by atoms with Crippen molar-refractivity contribution in [1.82, 2.24) is 10.2 Å². The lowest BCUT2D eigenvalue weighted by atomic mass is 9.83. The van der Waals surface area contributed by atoms with Gasteiger partial charge >= 0.3 is 0 Å². The lowest BCUT2D eigenvalue weighted by Crippen LogP contribution is -2.41. The molecule has 0 unspecified atom stereocenters. The predicted octanol–water partition coefficient (Wildman–Crippen LogP) is 1.86. The van der Waals surface area contributed by atoms with Crippen LogP contribution in [0, 0.1) is 5.41 Å². The van der Waals surface area contributed by atoms with Gasteiger partial charge in [0.25, 0.3) is 0 Å². The Balaban J connectivity index is 1.58. The molecule has 2 aliphatic rings. The monoisotopic (exact) mass is 196 g/mol. The van der Waals surface area contributed by atoms with E-state index in [9.17, 15) is 0 Å². The van der Waals surface area contributed by atoms with Gasteiger partial charge < -0.3 is 10.2 Å². The van der Waals surface area contributed by atoms with E-state index in [0.717, 1.165) is 6.04 Å². The molecular weight excluding hydrogens is 172 g/mol. The first-order valence-electron chi connectivity index (χ1n) is 6.11. The van der Waals surface area contributed by atoms with E-state index < -0.39 is 0 Å². The van der Waals surface area contributed by atoms with Crippen LogP contribution in [-0.2, 0) is 0 Å². The fourth-order valence-corrected chi connectivity index (χ4v) is 2.10. The minimum absolute atomic E-state index is 0.598. The molecule has 0 atom stereocenters. The Hall–Kier alpha value is -0.0800. The molecule has 2 fully saturated rings. The van der Waals surface area contributed by atoms with E-state index in [1.807, 2.05) is 0 Å². The average Bonchev–Trinajstić information content (AvgIpc) is 2.92. The highest BCUT2D eigenvalue weighted by molar-refractivity contribution is 4.82. The van der Waals surface area contributed by atoms with Crippen LogP contribution in [0.4, 0.5) is 0 Å². The van der Waals surface area contributed by atoms with Crippen LogP contribution in [0.5, 0.6) is 0 Å². The van der Waals surface area contributed by atoms with E-state index in [-0.39, 0.29) is 0 Å². The van der Waals surface area contributed by atoms with E-state index in [2.05, 4.69) is 24.1 Å². The van der Waals surface area contributed by atoms with Crippen molar-refractivity contribution in [3.05, 3.63) is 0 Å². The van der Waals surface area contributed by atoms with Crippen LogP contribution in [-0.4, -0.2) is 37.1 Å². The van der Waals surface area contributed by atoms with Gasteiger partial charge in [-0.1, -0.05) is 13.8 Å². The SMILES string of the molecule is CC1(C)CCN(CCNC2CC2)CC1. The third-order valence-corrected chi connectivity index (χ3v) is 3.65. The number of hydrogen-bond donors (Lipinski definition) is 1. The number of rotatable bonds is 4. The highest BCUT2D eigenvalue weighted by Crippen LogP contribution is 2.29. The summed E-state index contributed by atoms with van der Waals surface area (Å²) >= 11 is 0. The van der Waals surface area contributed by atoms with Gasteiger partial charge in [0.05, 0.1) is 0 Å². The fourth-order valence-electron chi connectivity index (χ4n) is 2.10. The maximum atomic E-state index is 3.58. The molecule has 0 aromatic heterocycles. The first-order chi connectivity index (χ1) is 6.66.